The summed E-state index contributed by atoms with van der Waals surface area (Å²) in [5.74, 6) is -49.9. The lowest BCUT2D eigenvalue weighted by atomic mass is 9.90. The van der Waals surface area contributed by atoms with Gasteiger partial charge in [-0.3, -0.25) is 0 Å². The Bertz CT molecular complexity index is 643. The summed E-state index contributed by atoms with van der Waals surface area (Å²) in [5, 5.41) is 8.17. The SMILES string of the molecule is CC(=CC(F)(F)C(F)(F)C(F)(F)C(F)(F)C(F)(F)C(F)(F)C(F)(F)F)C(=O)O. The van der Waals surface area contributed by atoms with E-state index in [1.54, 1.807) is 0 Å². The smallest absolute Gasteiger partial charge is 0.460 e. The van der Waals surface area contributed by atoms with Gasteiger partial charge in [-0.2, -0.15) is 65.9 Å². The lowest BCUT2D eigenvalue weighted by Crippen LogP contribution is -2.72. The van der Waals surface area contributed by atoms with Gasteiger partial charge >= 0.3 is 47.7 Å². The van der Waals surface area contributed by atoms with Gasteiger partial charge in [0.2, 0.25) is 0 Å². The molecule has 0 saturated carbocycles. The van der Waals surface area contributed by atoms with Crippen LogP contribution in [0.5, 0.6) is 0 Å². The summed E-state index contributed by atoms with van der Waals surface area (Å²) in [7, 11) is 0. The fraction of sp³-hybridized carbons (Fsp3) is 0.727. The summed E-state index contributed by atoms with van der Waals surface area (Å²) < 4.78 is 192. The third kappa shape index (κ3) is 3.46. The van der Waals surface area contributed by atoms with E-state index in [9.17, 15) is 70.7 Å². The molecule has 166 valence electrons. The molecule has 0 saturated heterocycles. The lowest BCUT2D eigenvalue weighted by molar-refractivity contribution is -0.449. The monoisotopic (exact) mass is 454 g/mol. The molecule has 0 aliphatic rings. The van der Waals surface area contributed by atoms with Crippen LogP contribution in [0.15, 0.2) is 11.6 Å². The highest BCUT2D eigenvalue weighted by atomic mass is 19.4. The molecule has 28 heavy (non-hydrogen) atoms. The highest BCUT2D eigenvalue weighted by Crippen LogP contribution is 2.62. The van der Waals surface area contributed by atoms with Gasteiger partial charge in [0.05, 0.1) is 0 Å². The standard InChI is InChI=1S/C11H5F15O2/c1-3(4(27)28)2-5(12,13)6(14,15)7(16,17)8(18,19)9(20,21)10(22,23)11(24,25)26/h2H,1H3,(H,27,28). The first-order chi connectivity index (χ1) is 11.8. The summed E-state index contributed by atoms with van der Waals surface area (Å²) in [6, 6.07) is 0. The maximum absolute atomic E-state index is 13.2. The molecule has 0 aromatic carbocycles. The van der Waals surface area contributed by atoms with Crippen molar-refractivity contribution in [2.45, 2.75) is 48.6 Å². The summed E-state index contributed by atoms with van der Waals surface area (Å²) >= 11 is 0. The highest BCUT2D eigenvalue weighted by molar-refractivity contribution is 5.86. The largest absolute Gasteiger partial charge is 0.478 e. The van der Waals surface area contributed by atoms with Crippen LogP contribution < -0.4 is 0 Å². The van der Waals surface area contributed by atoms with E-state index in [4.69, 9.17) is 5.11 Å². The van der Waals surface area contributed by atoms with Gasteiger partial charge in [0, 0.05) is 11.6 Å². The third-order valence-corrected chi connectivity index (χ3v) is 3.09. The van der Waals surface area contributed by atoms with Crippen LogP contribution in [0.2, 0.25) is 0 Å². The van der Waals surface area contributed by atoms with Gasteiger partial charge < -0.3 is 5.11 Å². The normalized spacial score (nSPS) is 16.4. The molecule has 0 spiro atoms. The van der Waals surface area contributed by atoms with Crippen molar-refractivity contribution in [1.82, 2.24) is 0 Å². The van der Waals surface area contributed by atoms with E-state index in [1.165, 1.54) is 0 Å². The predicted octanol–water partition coefficient (Wildman–Crippen LogP) is 5.39. The zero-order valence-electron chi connectivity index (χ0n) is 12.6. The summed E-state index contributed by atoms with van der Waals surface area (Å²) in [6.07, 6.45) is -9.27. The molecule has 0 fully saturated rings. The van der Waals surface area contributed by atoms with E-state index in [1.807, 2.05) is 0 Å². The topological polar surface area (TPSA) is 37.3 Å². The van der Waals surface area contributed by atoms with Crippen LogP contribution in [0, 0.1) is 0 Å². The van der Waals surface area contributed by atoms with Crippen LogP contribution >= 0.6 is 0 Å². The van der Waals surface area contributed by atoms with Crippen LogP contribution in [-0.4, -0.2) is 52.8 Å². The van der Waals surface area contributed by atoms with Crippen molar-refractivity contribution in [2.24, 2.45) is 0 Å². The fourth-order valence-corrected chi connectivity index (χ4v) is 1.40. The zero-order valence-corrected chi connectivity index (χ0v) is 12.6. The average molecular weight is 454 g/mol. The van der Waals surface area contributed by atoms with E-state index in [0.717, 1.165) is 0 Å². The van der Waals surface area contributed by atoms with Crippen LogP contribution in [0.3, 0.4) is 0 Å². The molecule has 0 aliphatic carbocycles. The van der Waals surface area contributed by atoms with Crippen molar-refractivity contribution >= 4 is 5.97 Å². The van der Waals surface area contributed by atoms with Crippen molar-refractivity contribution in [3.63, 3.8) is 0 Å². The minimum absolute atomic E-state index is 0.0367. The summed E-state index contributed by atoms with van der Waals surface area (Å²) in [5.41, 5.74) is -1.91. The number of rotatable bonds is 7. The minimum Gasteiger partial charge on any atom is -0.478 e. The van der Waals surface area contributed by atoms with Gasteiger partial charge in [-0.05, 0) is 6.92 Å². The third-order valence-electron chi connectivity index (χ3n) is 3.09. The molecule has 0 aromatic rings. The lowest BCUT2D eigenvalue weighted by Gasteiger charge is -2.41. The predicted molar refractivity (Wildman–Crippen MR) is 57.1 cm³/mol. The van der Waals surface area contributed by atoms with Crippen LogP contribution in [-0.2, 0) is 4.79 Å². The Morgan fingerprint density at radius 3 is 1.18 bits per heavy atom. The Morgan fingerprint density at radius 1 is 0.607 bits per heavy atom. The van der Waals surface area contributed by atoms with Crippen molar-refractivity contribution in [3.8, 4) is 0 Å². The number of carboxylic acid groups (broad SMARTS) is 1. The molecule has 0 aromatic heterocycles. The first kappa shape index (κ1) is 26.2. The maximum atomic E-state index is 13.2. The van der Waals surface area contributed by atoms with E-state index in [2.05, 4.69) is 0 Å². The van der Waals surface area contributed by atoms with E-state index < -0.39 is 59.3 Å². The number of carboxylic acids is 1. The van der Waals surface area contributed by atoms with Gasteiger partial charge in [-0.15, -0.1) is 0 Å². The Balaban J connectivity index is 6.63. The molecule has 0 atom stereocenters. The molecular formula is C11H5F15O2. The number of allylic oxidation sites excluding steroid dienone is 1. The Morgan fingerprint density at radius 2 is 0.893 bits per heavy atom. The van der Waals surface area contributed by atoms with Gasteiger partial charge in [-0.25, -0.2) is 4.79 Å². The summed E-state index contributed by atoms with van der Waals surface area (Å²) in [4.78, 5) is 10.2. The summed E-state index contributed by atoms with van der Waals surface area (Å²) in [6.45, 7) is 0.0367. The average Bonchev–Trinajstić information content (AvgIpc) is 2.44. The van der Waals surface area contributed by atoms with Crippen LogP contribution in [0.4, 0.5) is 65.9 Å². The molecule has 0 bridgehead atoms. The molecule has 1 N–H and O–H groups in total. The quantitative estimate of drug-likeness (QED) is 0.414. The maximum Gasteiger partial charge on any atom is 0.460 e. The Labute approximate surface area is 143 Å². The molecular weight excluding hydrogens is 449 g/mol. The van der Waals surface area contributed by atoms with E-state index in [0.29, 0.717) is 0 Å². The molecule has 0 amide bonds. The van der Waals surface area contributed by atoms with Gasteiger partial charge in [0.1, 0.15) is 0 Å². The molecule has 0 heterocycles. The van der Waals surface area contributed by atoms with E-state index in [-0.39, 0.29) is 6.92 Å². The molecule has 0 radical (unpaired) electrons. The number of hydrogen-bond donors (Lipinski definition) is 1. The fourth-order valence-electron chi connectivity index (χ4n) is 1.40. The number of alkyl halides is 15. The molecule has 0 unspecified atom stereocenters. The Hall–Kier alpha value is -1.84. The van der Waals surface area contributed by atoms with Gasteiger partial charge in [0.15, 0.2) is 0 Å². The highest BCUT2D eigenvalue weighted by Gasteiger charge is 2.93. The number of hydrogen-bond acceptors (Lipinski definition) is 1. The van der Waals surface area contributed by atoms with Crippen molar-refractivity contribution in [1.29, 1.82) is 0 Å². The zero-order chi connectivity index (χ0) is 23.4. The first-order valence-electron chi connectivity index (χ1n) is 6.09. The molecule has 2 nitrogen and oxygen atoms in total. The van der Waals surface area contributed by atoms with Crippen molar-refractivity contribution < 1.29 is 75.8 Å². The minimum atomic E-state index is -8.39. The molecule has 17 heteroatoms. The van der Waals surface area contributed by atoms with Crippen molar-refractivity contribution in [2.75, 3.05) is 0 Å². The second kappa shape index (κ2) is 6.60. The van der Waals surface area contributed by atoms with Gasteiger partial charge in [0.25, 0.3) is 0 Å². The van der Waals surface area contributed by atoms with Crippen molar-refractivity contribution in [3.05, 3.63) is 11.6 Å². The number of halogens is 15. The van der Waals surface area contributed by atoms with Crippen LogP contribution in [0.25, 0.3) is 0 Å². The molecule has 0 rings (SSSR count). The second-order valence-corrected chi connectivity index (χ2v) is 5.13. The van der Waals surface area contributed by atoms with Crippen LogP contribution in [0.1, 0.15) is 6.92 Å². The number of aliphatic carboxylic acids is 1. The first-order valence-corrected chi connectivity index (χ1v) is 6.09. The molecule has 0 aliphatic heterocycles. The second-order valence-electron chi connectivity index (χ2n) is 5.13. The van der Waals surface area contributed by atoms with E-state index >= 15 is 0 Å². The number of carbonyl (C=O) groups is 1. The van der Waals surface area contributed by atoms with Gasteiger partial charge in [-0.1, -0.05) is 0 Å². The Kier molecular flexibility index (Phi) is 6.17.